The molecule has 0 aliphatic heterocycles. The number of halogens is 2. The van der Waals surface area contributed by atoms with Crippen LogP contribution >= 0.6 is 0 Å². The monoisotopic (exact) mass is 228 g/mol. The van der Waals surface area contributed by atoms with Gasteiger partial charge in [-0.1, -0.05) is 6.07 Å². The van der Waals surface area contributed by atoms with Crippen LogP contribution < -0.4 is 5.73 Å². The average molecular weight is 228 g/mol. The molecule has 0 heterocycles. The smallest absolute Gasteiger partial charge is 0.159 e. The summed E-state index contributed by atoms with van der Waals surface area (Å²) >= 11 is 0. The molecule has 1 aromatic carbocycles. The molecule has 1 aromatic rings. The van der Waals surface area contributed by atoms with Crippen molar-refractivity contribution in [2.24, 2.45) is 5.73 Å². The predicted octanol–water partition coefficient (Wildman–Crippen LogP) is 2.14. The van der Waals surface area contributed by atoms with Gasteiger partial charge in [0.2, 0.25) is 0 Å². The van der Waals surface area contributed by atoms with Crippen LogP contribution in [0.3, 0.4) is 0 Å². The Hall–Kier alpha value is -1.00. The van der Waals surface area contributed by atoms with Crippen molar-refractivity contribution in [1.29, 1.82) is 0 Å². The third-order valence-electron chi connectivity index (χ3n) is 2.43. The molecule has 2 N–H and O–H groups in total. The fraction of sp³-hybridized carbons (Fsp3) is 0.500. The summed E-state index contributed by atoms with van der Waals surface area (Å²) < 4.78 is 25.6. The average Bonchev–Trinajstić information content (AvgIpc) is 2.24. The minimum Gasteiger partial charge on any atom is -0.330 e. The van der Waals surface area contributed by atoms with Gasteiger partial charge in [-0.2, -0.15) is 0 Å². The van der Waals surface area contributed by atoms with Crippen LogP contribution in [0.1, 0.15) is 18.4 Å². The maximum Gasteiger partial charge on any atom is 0.159 e. The Bertz CT molecular complexity index is 329. The third-order valence-corrected chi connectivity index (χ3v) is 2.43. The van der Waals surface area contributed by atoms with Crippen LogP contribution in [0.15, 0.2) is 18.2 Å². The van der Waals surface area contributed by atoms with Crippen LogP contribution in [-0.2, 0) is 6.54 Å². The van der Waals surface area contributed by atoms with Crippen molar-refractivity contribution >= 4 is 0 Å². The Kier molecular flexibility index (Phi) is 5.35. The lowest BCUT2D eigenvalue weighted by atomic mass is 10.2. The van der Waals surface area contributed by atoms with Gasteiger partial charge in [-0.3, -0.25) is 0 Å². The van der Waals surface area contributed by atoms with E-state index in [-0.39, 0.29) is 0 Å². The standard InChI is InChI=1S/C12H18F2N2/c1-16(7-3-2-6-15)9-10-4-5-11(13)12(14)8-10/h4-5,8H,2-3,6-7,9,15H2,1H3. The van der Waals surface area contributed by atoms with Crippen LogP contribution in [0, 0.1) is 11.6 Å². The highest BCUT2D eigenvalue weighted by Gasteiger charge is 2.04. The molecule has 4 heteroatoms. The molecule has 0 unspecified atom stereocenters. The van der Waals surface area contributed by atoms with E-state index in [1.54, 1.807) is 6.07 Å². The van der Waals surface area contributed by atoms with E-state index >= 15 is 0 Å². The molecule has 0 aliphatic rings. The van der Waals surface area contributed by atoms with Gasteiger partial charge in [-0.05, 0) is 50.7 Å². The first-order valence-electron chi connectivity index (χ1n) is 5.46. The zero-order valence-corrected chi connectivity index (χ0v) is 9.55. The second-order valence-corrected chi connectivity index (χ2v) is 3.98. The van der Waals surface area contributed by atoms with Gasteiger partial charge in [0.25, 0.3) is 0 Å². The number of rotatable bonds is 6. The molecule has 1 rings (SSSR count). The molecule has 0 aromatic heterocycles. The molecule has 0 spiro atoms. The first kappa shape index (κ1) is 13.1. The number of benzene rings is 1. The second-order valence-electron chi connectivity index (χ2n) is 3.98. The molecule has 0 amide bonds. The van der Waals surface area contributed by atoms with E-state index in [2.05, 4.69) is 4.90 Å². The van der Waals surface area contributed by atoms with Crippen LogP contribution in [0.25, 0.3) is 0 Å². The summed E-state index contributed by atoms with van der Waals surface area (Å²) in [5, 5.41) is 0. The molecule has 16 heavy (non-hydrogen) atoms. The molecule has 0 aliphatic carbocycles. The largest absolute Gasteiger partial charge is 0.330 e. The lowest BCUT2D eigenvalue weighted by Gasteiger charge is -2.16. The molecule has 0 saturated carbocycles. The molecular formula is C12H18F2N2. The Morgan fingerprint density at radius 3 is 2.56 bits per heavy atom. The summed E-state index contributed by atoms with van der Waals surface area (Å²) in [6.07, 6.45) is 2.01. The van der Waals surface area contributed by atoms with E-state index in [4.69, 9.17) is 5.73 Å². The first-order chi connectivity index (χ1) is 7.63. The van der Waals surface area contributed by atoms with Crippen LogP contribution in [-0.4, -0.2) is 25.0 Å². The zero-order chi connectivity index (χ0) is 12.0. The van der Waals surface area contributed by atoms with Crippen molar-refractivity contribution in [3.63, 3.8) is 0 Å². The van der Waals surface area contributed by atoms with E-state index in [9.17, 15) is 8.78 Å². The summed E-state index contributed by atoms with van der Waals surface area (Å²) in [5.41, 5.74) is 6.18. The van der Waals surface area contributed by atoms with Crippen LogP contribution in [0.4, 0.5) is 8.78 Å². The summed E-state index contributed by atoms with van der Waals surface area (Å²) in [5.74, 6) is -1.58. The van der Waals surface area contributed by atoms with Gasteiger partial charge < -0.3 is 10.6 Å². The van der Waals surface area contributed by atoms with Gasteiger partial charge in [0, 0.05) is 6.54 Å². The summed E-state index contributed by atoms with van der Waals surface area (Å²) in [6, 6.07) is 4.02. The molecule has 2 nitrogen and oxygen atoms in total. The molecular weight excluding hydrogens is 210 g/mol. The molecule has 90 valence electrons. The summed E-state index contributed by atoms with van der Waals surface area (Å²) in [4.78, 5) is 2.07. The maximum absolute atomic E-state index is 12.9. The van der Waals surface area contributed by atoms with Crippen LogP contribution in [0.2, 0.25) is 0 Å². The Labute approximate surface area is 95.1 Å². The maximum atomic E-state index is 12.9. The predicted molar refractivity (Wildman–Crippen MR) is 61.0 cm³/mol. The normalized spacial score (nSPS) is 11.1. The highest BCUT2D eigenvalue weighted by molar-refractivity contribution is 5.17. The minimum absolute atomic E-state index is 0.627. The van der Waals surface area contributed by atoms with Crippen molar-refractivity contribution in [1.82, 2.24) is 4.90 Å². The minimum atomic E-state index is -0.797. The quantitative estimate of drug-likeness (QED) is 0.756. The van der Waals surface area contributed by atoms with Gasteiger partial charge in [0.1, 0.15) is 0 Å². The van der Waals surface area contributed by atoms with E-state index in [0.29, 0.717) is 13.1 Å². The zero-order valence-electron chi connectivity index (χ0n) is 9.55. The number of nitrogens with zero attached hydrogens (tertiary/aromatic N) is 1. The number of unbranched alkanes of at least 4 members (excludes halogenated alkanes) is 1. The van der Waals surface area contributed by atoms with Crippen molar-refractivity contribution in [2.45, 2.75) is 19.4 Å². The number of hydrogen-bond donors (Lipinski definition) is 1. The second kappa shape index (κ2) is 6.55. The highest BCUT2D eigenvalue weighted by Crippen LogP contribution is 2.10. The highest BCUT2D eigenvalue weighted by atomic mass is 19.2. The van der Waals surface area contributed by atoms with E-state index in [1.165, 1.54) is 12.1 Å². The lowest BCUT2D eigenvalue weighted by Crippen LogP contribution is -2.20. The fourth-order valence-electron chi connectivity index (χ4n) is 1.55. The van der Waals surface area contributed by atoms with Gasteiger partial charge >= 0.3 is 0 Å². The van der Waals surface area contributed by atoms with E-state index in [1.807, 2.05) is 7.05 Å². The lowest BCUT2D eigenvalue weighted by molar-refractivity contribution is 0.318. The van der Waals surface area contributed by atoms with Gasteiger partial charge in [-0.15, -0.1) is 0 Å². The summed E-state index contributed by atoms with van der Waals surface area (Å²) in [6.45, 7) is 2.23. The third kappa shape index (κ3) is 4.24. The molecule has 0 saturated heterocycles. The van der Waals surface area contributed by atoms with Crippen molar-refractivity contribution in [3.8, 4) is 0 Å². The molecule has 0 bridgehead atoms. The molecule has 0 fully saturated rings. The van der Waals surface area contributed by atoms with E-state index < -0.39 is 11.6 Å². The van der Waals surface area contributed by atoms with Crippen molar-refractivity contribution < 1.29 is 8.78 Å². The van der Waals surface area contributed by atoms with Crippen LogP contribution in [0.5, 0.6) is 0 Å². The Morgan fingerprint density at radius 2 is 1.94 bits per heavy atom. The Balaban J connectivity index is 2.43. The first-order valence-corrected chi connectivity index (χ1v) is 5.46. The molecule has 0 radical (unpaired) electrons. The van der Waals surface area contributed by atoms with Gasteiger partial charge in [-0.25, -0.2) is 8.78 Å². The number of nitrogens with two attached hydrogens (primary N) is 1. The Morgan fingerprint density at radius 1 is 1.19 bits per heavy atom. The summed E-state index contributed by atoms with van der Waals surface area (Å²) in [7, 11) is 1.96. The molecule has 0 atom stereocenters. The van der Waals surface area contributed by atoms with Crippen molar-refractivity contribution in [3.05, 3.63) is 35.4 Å². The van der Waals surface area contributed by atoms with Gasteiger partial charge in [0.15, 0.2) is 11.6 Å². The fourth-order valence-corrected chi connectivity index (χ4v) is 1.55. The number of hydrogen-bond acceptors (Lipinski definition) is 2. The van der Waals surface area contributed by atoms with Crippen molar-refractivity contribution in [2.75, 3.05) is 20.1 Å². The SMILES string of the molecule is CN(CCCCN)Cc1ccc(F)c(F)c1. The van der Waals surface area contributed by atoms with Gasteiger partial charge in [0.05, 0.1) is 0 Å². The topological polar surface area (TPSA) is 29.3 Å². The van der Waals surface area contributed by atoms with E-state index in [0.717, 1.165) is 24.9 Å².